The number of aliphatic hydroxyl groups is 1. The first-order chi connectivity index (χ1) is 6.43. The number of benzene rings is 1. The Balaban J connectivity index is 0. The van der Waals surface area contributed by atoms with Crippen molar-refractivity contribution in [1.29, 1.82) is 1.28 Å². The number of aliphatic hydroxyl groups excluding tert-OH is 1. The van der Waals surface area contributed by atoms with Crippen molar-refractivity contribution in [3.8, 4) is 5.75 Å². The van der Waals surface area contributed by atoms with Gasteiger partial charge in [-0.3, -0.25) is 0 Å². The minimum atomic E-state index is -0.215. The topological polar surface area (TPSA) is 29.5 Å². The number of hydrogen-bond acceptors (Lipinski definition) is 2. The Kier molecular flexibility index (Phi) is 12.4. The highest BCUT2D eigenvalue weighted by Crippen LogP contribution is 2.09. The van der Waals surface area contributed by atoms with Gasteiger partial charge in [-0.2, -0.15) is 0 Å². The molecule has 0 aromatic heterocycles. The lowest BCUT2D eigenvalue weighted by Gasteiger charge is -1.93. The first kappa shape index (κ1) is 11.4. The number of hydrogen-bond donors (Lipinski definition) is 1. The van der Waals surface area contributed by atoms with Crippen LogP contribution in [-0.4, -0.2) is 13.5 Å². The van der Waals surface area contributed by atoms with Gasteiger partial charge in [0.2, 0.25) is 0 Å². The van der Waals surface area contributed by atoms with Crippen molar-refractivity contribution >= 4 is 9.41 Å². The van der Waals surface area contributed by atoms with Crippen molar-refractivity contribution < 1.29 is 9.63 Å². The Morgan fingerprint density at radius 1 is 1.25 bits per heavy atom. The lowest BCUT2D eigenvalue weighted by Crippen LogP contribution is -1.68. The Morgan fingerprint density at radius 2 is 1.75 bits per heavy atom. The van der Waals surface area contributed by atoms with Crippen LogP contribution in [0.3, 0.4) is 0 Å². The maximum atomic E-state index is 7.00. The highest BCUT2D eigenvalue weighted by atomic mass is 31.0. The van der Waals surface area contributed by atoms with E-state index in [4.69, 9.17) is 10.9 Å². The van der Waals surface area contributed by atoms with Crippen molar-refractivity contribution in [2.45, 2.75) is 13.8 Å². The zero-order valence-corrected chi connectivity index (χ0v) is 8.74. The number of para-hydroxylation sites is 1. The Morgan fingerprint density at radius 3 is 2.17 bits per heavy atom. The molecule has 1 N–H and O–H groups in total. The van der Waals surface area contributed by atoms with Crippen LogP contribution in [0.4, 0.5) is 0 Å². The van der Waals surface area contributed by atoms with Gasteiger partial charge in [-0.25, -0.2) is 0 Å². The molecule has 0 saturated carbocycles. The second-order valence-corrected chi connectivity index (χ2v) is 1.62. The van der Waals surface area contributed by atoms with Crippen LogP contribution in [0.25, 0.3) is 0 Å². The molecule has 0 aliphatic heterocycles. The fourth-order valence-corrected chi connectivity index (χ4v) is 0.625. The van der Waals surface area contributed by atoms with E-state index in [2.05, 4.69) is 0 Å². The maximum Gasteiger partial charge on any atom is 0.122 e. The molecule has 0 saturated heterocycles. The molecule has 0 heterocycles. The Labute approximate surface area is 78.1 Å². The third kappa shape index (κ3) is 7.52. The molecule has 0 amide bonds. The van der Waals surface area contributed by atoms with Crippen LogP contribution in [0.15, 0.2) is 30.3 Å². The first-order valence-corrected chi connectivity index (χ1v) is 4.17. The zero-order chi connectivity index (χ0) is 10.5. The quantitative estimate of drug-likeness (QED) is 0.726. The molecule has 0 aliphatic rings. The minimum Gasteiger partial charge on any atom is -0.480 e. The van der Waals surface area contributed by atoms with E-state index in [1.165, 1.54) is 0 Å². The highest BCUT2D eigenvalue weighted by Gasteiger charge is 1.80. The molecule has 2 nitrogen and oxygen atoms in total. The van der Waals surface area contributed by atoms with E-state index in [9.17, 15) is 0 Å². The lowest BCUT2D eigenvalue weighted by molar-refractivity contribution is 0.399. The summed E-state index contributed by atoms with van der Waals surface area (Å²) in [6, 6.07) is 9.36. The normalized spacial score (nSPS) is 8.83. The van der Waals surface area contributed by atoms with E-state index in [0.29, 0.717) is 0 Å². The second-order valence-electron chi connectivity index (χ2n) is 1.42. The molecule has 70 valence electrons. The molecule has 12 heavy (non-hydrogen) atoms. The summed E-state index contributed by atoms with van der Waals surface area (Å²) in [6.45, 7) is 4.00. The average Bonchev–Trinajstić information content (AvgIpc) is 2.26. The lowest BCUT2D eigenvalue weighted by atomic mass is 10.3. The van der Waals surface area contributed by atoms with Gasteiger partial charge in [-0.15, -0.1) is 0 Å². The van der Waals surface area contributed by atoms with Gasteiger partial charge in [0, 0.05) is 7.11 Å². The number of rotatable bonds is 2. The Hall–Kier alpha value is -0.590. The van der Waals surface area contributed by atoms with Crippen molar-refractivity contribution in [3.05, 3.63) is 30.3 Å². The average molecular weight is 190 g/mol. The van der Waals surface area contributed by atoms with Crippen LogP contribution >= 0.6 is 9.41 Å². The molecular weight excluding hydrogens is 171 g/mol. The fraction of sp³-hybridized carbons (Fsp3) is 0.333. The minimum absolute atomic E-state index is 0.215. The summed E-state index contributed by atoms with van der Waals surface area (Å²) in [5.74, 6) is 0.769. The molecule has 3 heteroatoms. The van der Waals surface area contributed by atoms with Crippen LogP contribution < -0.4 is 4.52 Å². The van der Waals surface area contributed by atoms with Gasteiger partial charge >= 0.3 is 0 Å². The molecule has 0 bridgehead atoms. The molecule has 0 spiro atoms. The summed E-state index contributed by atoms with van der Waals surface area (Å²) in [5.41, 5.74) is 0. The van der Waals surface area contributed by atoms with Crippen LogP contribution in [0.2, 0.25) is 0 Å². The van der Waals surface area contributed by atoms with Crippen molar-refractivity contribution in [3.63, 3.8) is 0 Å². The first-order valence-electron chi connectivity index (χ1n) is 4.27. The van der Waals surface area contributed by atoms with Gasteiger partial charge in [0.1, 0.15) is 5.75 Å². The highest BCUT2D eigenvalue weighted by molar-refractivity contribution is 7.10. The van der Waals surface area contributed by atoms with Gasteiger partial charge in [-0.1, -0.05) is 32.0 Å². The predicted octanol–water partition coefficient (Wildman–Crippen LogP) is 2.49. The maximum absolute atomic E-state index is 7.00. The standard InChI is InChI=1S/C6H7OP.C2H6.CH4O/c8-7-6-4-2-1-3-5-6;2*1-2/h1-5H,8H2;1-2H3;2H,1H3/i8T;;. The van der Waals surface area contributed by atoms with E-state index in [-0.39, 0.29) is 9.41 Å². The molecule has 1 aromatic carbocycles. The monoisotopic (exact) mass is 190 g/mol. The fourth-order valence-electron chi connectivity index (χ4n) is 0.489. The zero-order valence-electron chi connectivity index (χ0n) is 8.74. The third-order valence-corrected chi connectivity index (χ3v) is 1.10. The van der Waals surface area contributed by atoms with E-state index in [1.807, 2.05) is 44.2 Å². The smallest absolute Gasteiger partial charge is 0.122 e. The van der Waals surface area contributed by atoms with Gasteiger partial charge in [0.25, 0.3) is 0 Å². The van der Waals surface area contributed by atoms with Crippen LogP contribution in [0.5, 0.6) is 5.75 Å². The van der Waals surface area contributed by atoms with Crippen LogP contribution in [0, 0.1) is 0 Å². The molecule has 1 unspecified atom stereocenters. The van der Waals surface area contributed by atoms with E-state index in [1.54, 1.807) is 0 Å². The Bertz CT molecular complexity index is 171. The summed E-state index contributed by atoms with van der Waals surface area (Å²) in [6.07, 6.45) is 0. The SMILES string of the molecule is CC.CO.[3H]POc1ccccc1. The van der Waals surface area contributed by atoms with Gasteiger partial charge < -0.3 is 9.63 Å². The van der Waals surface area contributed by atoms with Crippen LogP contribution in [-0.2, 0) is 0 Å². The van der Waals surface area contributed by atoms with Gasteiger partial charge in [0.15, 0.2) is 0 Å². The van der Waals surface area contributed by atoms with E-state index >= 15 is 0 Å². The summed E-state index contributed by atoms with van der Waals surface area (Å²) < 4.78 is 11.6. The molecule has 0 radical (unpaired) electrons. The molecular formula is C9H17O2P. The largest absolute Gasteiger partial charge is 0.480 e. The second kappa shape index (κ2) is 13.0. The molecule has 0 fully saturated rings. The molecule has 0 aliphatic carbocycles. The van der Waals surface area contributed by atoms with E-state index in [0.717, 1.165) is 12.9 Å². The molecule has 1 aromatic rings. The molecule has 1 rings (SSSR count). The molecule has 1 atom stereocenters. The summed E-state index contributed by atoms with van der Waals surface area (Å²) in [7, 11) is 0.785. The van der Waals surface area contributed by atoms with Crippen molar-refractivity contribution in [2.24, 2.45) is 0 Å². The van der Waals surface area contributed by atoms with Crippen molar-refractivity contribution in [2.75, 3.05) is 7.11 Å². The summed E-state index contributed by atoms with van der Waals surface area (Å²) in [5, 5.41) is 7.00. The third-order valence-electron chi connectivity index (χ3n) is 0.861. The summed E-state index contributed by atoms with van der Waals surface area (Å²) >= 11 is 0. The van der Waals surface area contributed by atoms with Gasteiger partial charge in [-0.05, 0) is 12.1 Å². The van der Waals surface area contributed by atoms with Crippen LogP contribution in [0.1, 0.15) is 13.8 Å². The summed E-state index contributed by atoms with van der Waals surface area (Å²) in [4.78, 5) is 0. The van der Waals surface area contributed by atoms with E-state index < -0.39 is 0 Å². The predicted molar refractivity (Wildman–Crippen MR) is 56.3 cm³/mol. The van der Waals surface area contributed by atoms with Crippen molar-refractivity contribution in [1.82, 2.24) is 0 Å². The van der Waals surface area contributed by atoms with Gasteiger partial charge in [0.05, 0.1) is 10.7 Å².